The molecule has 0 aromatic carbocycles. The Balaban J connectivity index is 0.000000489. The standard InChI is InChI=1S/C34H57N3O10.C10H10N2O2/c1-12-25-34(9,42)30-19(4)26(36-22(7)38)17(2)14-33(8,44-16-23(35)15-43-30)29(20(5)27(39)21(6)31(41)46-25)47-32-28(40)24(37(10)11)13-18(3)45-32;1-13-7-9-3-2-8(6-11-9)10-4-5-12-14-10/h17-21,24-25,28-30,32,35,40,42H,12-16H2,1-11H3;2-6H,7H2,1H3/t17-,18-,19+,20+,21-,24+,25-,28-,29-,30-,32+,33-,34-;/m1./s1. The van der Waals surface area contributed by atoms with E-state index in [0.717, 1.165) is 17.0 Å². The van der Waals surface area contributed by atoms with E-state index in [9.17, 15) is 24.6 Å². The highest BCUT2D eigenvalue weighted by Gasteiger charge is 2.53. The normalized spacial score (nSPS) is 36.3. The Morgan fingerprint density at radius 3 is 2.36 bits per heavy atom. The van der Waals surface area contributed by atoms with Gasteiger partial charge in [0.2, 0.25) is 5.91 Å². The molecule has 3 N–H and O–H groups in total. The average molecular weight is 858 g/mol. The number of Topliss-reactive ketones (excluding diaryl/α,β-unsaturated/α-hetero) is 1. The van der Waals surface area contributed by atoms with Gasteiger partial charge in [0.15, 0.2) is 17.8 Å². The summed E-state index contributed by atoms with van der Waals surface area (Å²) in [5.41, 5.74) is -0.830. The maximum absolute atomic E-state index is 14.2. The molecule has 0 saturated carbocycles. The summed E-state index contributed by atoms with van der Waals surface area (Å²) in [4.78, 5) is 50.8. The van der Waals surface area contributed by atoms with Gasteiger partial charge in [0.05, 0.1) is 61.3 Å². The number of ether oxygens (including phenoxy) is 6. The van der Waals surface area contributed by atoms with Crippen molar-refractivity contribution in [3.05, 3.63) is 36.3 Å². The number of nitrogens with zero attached hydrogens (tertiary/aromatic N) is 4. The first-order valence-corrected chi connectivity index (χ1v) is 21.0. The minimum absolute atomic E-state index is 0.0603. The van der Waals surface area contributed by atoms with E-state index in [2.05, 4.69) is 15.1 Å². The summed E-state index contributed by atoms with van der Waals surface area (Å²) in [6, 6.07) is 5.34. The summed E-state index contributed by atoms with van der Waals surface area (Å²) < 4.78 is 41.3. The molecule has 5 rings (SSSR count). The van der Waals surface area contributed by atoms with Gasteiger partial charge in [-0.25, -0.2) is 4.99 Å². The first-order chi connectivity index (χ1) is 28.6. The number of aliphatic hydroxyl groups is 2. The number of fused-ring (bicyclic) bond motifs is 5. The molecular weight excluding hydrogens is 791 g/mol. The molecule has 2 aromatic rings. The van der Waals surface area contributed by atoms with Crippen molar-refractivity contribution >= 4 is 29.1 Å². The first kappa shape index (κ1) is 49.8. The lowest BCUT2D eigenvalue weighted by molar-refractivity contribution is -0.296. The van der Waals surface area contributed by atoms with Crippen molar-refractivity contribution < 1.29 is 57.5 Å². The monoisotopic (exact) mass is 857 g/mol. The van der Waals surface area contributed by atoms with Crippen LogP contribution in [-0.2, 0) is 49.4 Å². The lowest BCUT2D eigenvalue weighted by atomic mass is 9.73. The van der Waals surface area contributed by atoms with Gasteiger partial charge < -0.3 is 53.5 Å². The van der Waals surface area contributed by atoms with Gasteiger partial charge in [-0.05, 0) is 79.1 Å². The van der Waals surface area contributed by atoms with Gasteiger partial charge in [-0.15, -0.1) is 0 Å². The number of aliphatic hydroxyl groups excluding tert-OH is 1. The van der Waals surface area contributed by atoms with Gasteiger partial charge in [-0.2, -0.15) is 0 Å². The summed E-state index contributed by atoms with van der Waals surface area (Å²) in [5.74, 6) is -4.39. The van der Waals surface area contributed by atoms with Gasteiger partial charge in [-0.3, -0.25) is 19.4 Å². The SMILES string of the molecule is CC[C@H]1OC(=O)[C@H](C)C(=O)[C@H](C)[C@@H](O[C@@H]2O[C@H](C)C[C@H](N(C)C)[C@H]2O)[C@@]2(C)C[C@@H](C)C(=NC(C)=O)[C@H](C)[C@@H](OCC(=N)CO2)[C@]1(C)O.COCc1ccc(-c2ccno2)cn1. The third-order valence-electron chi connectivity index (χ3n) is 12.0. The van der Waals surface area contributed by atoms with Crippen LogP contribution in [0.3, 0.4) is 0 Å². The molecule has 0 unspecified atom stereocenters. The lowest BCUT2D eigenvalue weighted by Crippen LogP contribution is -2.60. The number of ketones is 1. The lowest BCUT2D eigenvalue weighted by Gasteiger charge is -2.47. The van der Waals surface area contributed by atoms with Gasteiger partial charge in [0, 0.05) is 55.4 Å². The Labute approximate surface area is 359 Å². The summed E-state index contributed by atoms with van der Waals surface area (Å²) >= 11 is 0. The average Bonchev–Trinajstić information content (AvgIpc) is 3.75. The molecule has 0 radical (unpaired) electrons. The number of rotatable bonds is 7. The number of aromatic nitrogens is 2. The molecule has 1 amide bonds. The molecule has 3 aliphatic heterocycles. The molecule has 0 spiro atoms. The molecule has 3 aliphatic rings. The van der Waals surface area contributed by atoms with Crippen molar-refractivity contribution in [1.82, 2.24) is 15.0 Å². The fourth-order valence-corrected chi connectivity index (χ4v) is 8.73. The quantitative estimate of drug-likeness (QED) is 0.258. The van der Waals surface area contributed by atoms with Crippen LogP contribution in [-0.4, -0.2) is 143 Å². The van der Waals surface area contributed by atoms with Crippen LogP contribution >= 0.6 is 0 Å². The van der Waals surface area contributed by atoms with Crippen LogP contribution < -0.4 is 0 Å². The number of cyclic esters (lactones) is 1. The van der Waals surface area contributed by atoms with E-state index in [1.54, 1.807) is 53.3 Å². The van der Waals surface area contributed by atoms with Crippen molar-refractivity contribution in [3.8, 4) is 11.3 Å². The van der Waals surface area contributed by atoms with Crippen molar-refractivity contribution in [1.29, 1.82) is 5.41 Å². The molecule has 2 aromatic heterocycles. The van der Waals surface area contributed by atoms with E-state index in [4.69, 9.17) is 38.4 Å². The largest absolute Gasteiger partial charge is 0.459 e. The van der Waals surface area contributed by atoms with Crippen LogP contribution in [0, 0.1) is 29.1 Å². The molecule has 3 saturated heterocycles. The van der Waals surface area contributed by atoms with Crippen molar-refractivity contribution in [2.24, 2.45) is 28.7 Å². The summed E-state index contributed by atoms with van der Waals surface area (Å²) in [6.07, 6.45) is -1.44. The van der Waals surface area contributed by atoms with E-state index in [0.29, 0.717) is 18.7 Å². The number of amides is 1. The third kappa shape index (κ3) is 12.2. The minimum Gasteiger partial charge on any atom is -0.459 e. The van der Waals surface area contributed by atoms with Crippen LogP contribution in [0.5, 0.6) is 0 Å². The zero-order valence-electron chi connectivity index (χ0n) is 37.7. The molecule has 2 bridgehead atoms. The molecule has 0 aliphatic carbocycles. The fourth-order valence-electron chi connectivity index (χ4n) is 8.73. The Morgan fingerprint density at radius 1 is 1.08 bits per heavy atom. The fraction of sp³-hybridized carbons (Fsp3) is 0.705. The smallest absolute Gasteiger partial charge is 0.316 e. The number of hydrogen-bond acceptors (Lipinski definition) is 16. The second-order valence-electron chi connectivity index (χ2n) is 17.3. The molecule has 17 heteroatoms. The number of hydrogen-bond donors (Lipinski definition) is 3. The number of nitrogens with one attached hydrogen (secondary N) is 1. The Hall–Kier alpha value is -3.81. The Kier molecular flexibility index (Phi) is 17.6. The summed E-state index contributed by atoms with van der Waals surface area (Å²) in [5, 5.41) is 35.8. The van der Waals surface area contributed by atoms with Crippen molar-refractivity contribution in [2.45, 2.75) is 142 Å². The molecule has 5 heterocycles. The molecule has 13 atom stereocenters. The Bertz CT molecular complexity index is 1800. The third-order valence-corrected chi connectivity index (χ3v) is 12.0. The number of pyridine rings is 1. The highest BCUT2D eigenvalue weighted by Crippen LogP contribution is 2.40. The molecule has 340 valence electrons. The topological polar surface area (TPSA) is 225 Å². The number of esters is 1. The van der Waals surface area contributed by atoms with Crippen molar-refractivity contribution in [3.63, 3.8) is 0 Å². The summed E-state index contributed by atoms with van der Waals surface area (Å²) in [6.45, 7) is 15.1. The van der Waals surface area contributed by atoms with Crippen LogP contribution in [0.2, 0.25) is 0 Å². The first-order valence-electron chi connectivity index (χ1n) is 21.0. The highest BCUT2D eigenvalue weighted by atomic mass is 16.7. The van der Waals surface area contributed by atoms with E-state index < -0.39 is 83.2 Å². The predicted molar refractivity (Wildman–Crippen MR) is 225 cm³/mol. The van der Waals surface area contributed by atoms with E-state index in [1.165, 1.54) is 20.8 Å². The maximum Gasteiger partial charge on any atom is 0.316 e. The second kappa shape index (κ2) is 21.5. The number of methoxy groups -OCH3 is 1. The Morgan fingerprint density at radius 2 is 1.79 bits per heavy atom. The molecule has 3 fully saturated rings. The molecular formula is C44H67N5O12. The molecule has 17 nitrogen and oxygen atoms in total. The zero-order valence-corrected chi connectivity index (χ0v) is 37.7. The summed E-state index contributed by atoms with van der Waals surface area (Å²) in [7, 11) is 5.37. The number of likely N-dealkylation sites (N-methyl/N-ethyl adjacent to an activating group) is 1. The van der Waals surface area contributed by atoms with Crippen LogP contribution in [0.4, 0.5) is 0 Å². The van der Waals surface area contributed by atoms with Gasteiger partial charge >= 0.3 is 5.97 Å². The van der Waals surface area contributed by atoms with E-state index >= 15 is 0 Å². The van der Waals surface area contributed by atoms with Gasteiger partial charge in [-0.1, -0.05) is 32.9 Å². The number of carbonyl (C=O) groups excluding carboxylic acids is 3. The van der Waals surface area contributed by atoms with Crippen LogP contribution in [0.1, 0.15) is 87.3 Å². The highest BCUT2D eigenvalue weighted by molar-refractivity contribution is 6.00. The van der Waals surface area contributed by atoms with Crippen molar-refractivity contribution in [2.75, 3.05) is 34.4 Å². The van der Waals surface area contributed by atoms with E-state index in [-0.39, 0.29) is 43.9 Å². The molecule has 61 heavy (non-hydrogen) atoms. The zero-order chi connectivity index (χ0) is 45.4. The van der Waals surface area contributed by atoms with Gasteiger partial charge in [0.1, 0.15) is 23.7 Å². The maximum atomic E-state index is 14.2. The number of aliphatic imine (C=N–C) groups is 1. The van der Waals surface area contributed by atoms with Crippen LogP contribution in [0.25, 0.3) is 11.3 Å². The van der Waals surface area contributed by atoms with Gasteiger partial charge in [0.25, 0.3) is 0 Å². The second-order valence-corrected chi connectivity index (χ2v) is 17.3. The van der Waals surface area contributed by atoms with Crippen LogP contribution in [0.15, 0.2) is 40.1 Å². The number of carbonyl (C=O) groups is 3. The minimum atomic E-state index is -1.79. The predicted octanol–water partition coefficient (Wildman–Crippen LogP) is 4.45. The van der Waals surface area contributed by atoms with E-state index in [1.807, 2.05) is 45.0 Å².